The average Bonchev–Trinajstić information content (AvgIpc) is 2.83. The normalized spacial score (nSPS) is 24.9. The van der Waals surface area contributed by atoms with Crippen molar-refractivity contribution in [3.8, 4) is 0 Å². The predicted octanol–water partition coefficient (Wildman–Crippen LogP) is 3.28. The highest BCUT2D eigenvalue weighted by Gasteiger charge is 2.39. The molecule has 0 aromatic heterocycles. The first-order valence-corrected chi connectivity index (χ1v) is 7.09. The first-order valence-electron chi connectivity index (χ1n) is 7.09. The van der Waals surface area contributed by atoms with Gasteiger partial charge in [0.1, 0.15) is 0 Å². The zero-order valence-electron chi connectivity index (χ0n) is 10.9. The smallest absolute Gasteiger partial charge is 0.0536 e. The quantitative estimate of drug-likeness (QED) is 0.835. The molecule has 2 heteroatoms. The molecule has 4 rings (SSSR count). The minimum Gasteiger partial charge on any atom is -0.336 e. The SMILES string of the molecule is c1ccc(N2c3ccccc3C3CCNCC32)cc1. The second-order valence-electron chi connectivity index (χ2n) is 5.43. The molecule has 19 heavy (non-hydrogen) atoms. The molecule has 2 nitrogen and oxygen atoms in total. The van der Waals surface area contributed by atoms with Crippen LogP contribution in [-0.2, 0) is 0 Å². The third-order valence-corrected chi connectivity index (χ3v) is 4.41. The summed E-state index contributed by atoms with van der Waals surface area (Å²) in [5, 5.41) is 3.55. The molecule has 2 heterocycles. The highest BCUT2D eigenvalue weighted by Crippen LogP contribution is 2.47. The van der Waals surface area contributed by atoms with Crippen LogP contribution in [0.4, 0.5) is 11.4 Å². The van der Waals surface area contributed by atoms with E-state index in [4.69, 9.17) is 0 Å². The molecular weight excluding hydrogens is 232 g/mol. The lowest BCUT2D eigenvalue weighted by molar-refractivity contribution is 0.419. The van der Waals surface area contributed by atoms with E-state index in [1.54, 1.807) is 0 Å². The summed E-state index contributed by atoms with van der Waals surface area (Å²) in [7, 11) is 0. The van der Waals surface area contributed by atoms with Crippen molar-refractivity contribution in [1.82, 2.24) is 5.32 Å². The van der Waals surface area contributed by atoms with E-state index in [2.05, 4.69) is 64.8 Å². The van der Waals surface area contributed by atoms with E-state index < -0.39 is 0 Å². The number of anilines is 2. The summed E-state index contributed by atoms with van der Waals surface area (Å²) in [6.07, 6.45) is 1.24. The second kappa shape index (κ2) is 4.39. The Kier molecular flexibility index (Phi) is 2.56. The van der Waals surface area contributed by atoms with E-state index in [0.717, 1.165) is 13.1 Å². The summed E-state index contributed by atoms with van der Waals surface area (Å²) in [6.45, 7) is 2.21. The van der Waals surface area contributed by atoms with Crippen molar-refractivity contribution in [2.45, 2.75) is 18.4 Å². The van der Waals surface area contributed by atoms with Crippen molar-refractivity contribution >= 4 is 11.4 Å². The zero-order chi connectivity index (χ0) is 12.7. The van der Waals surface area contributed by atoms with E-state index in [-0.39, 0.29) is 0 Å². The summed E-state index contributed by atoms with van der Waals surface area (Å²) in [6, 6.07) is 20.2. The van der Waals surface area contributed by atoms with Crippen LogP contribution in [-0.4, -0.2) is 19.1 Å². The van der Waals surface area contributed by atoms with Gasteiger partial charge in [-0.1, -0.05) is 36.4 Å². The van der Waals surface area contributed by atoms with Crippen LogP contribution >= 0.6 is 0 Å². The molecular formula is C17H18N2. The van der Waals surface area contributed by atoms with Crippen molar-refractivity contribution in [1.29, 1.82) is 0 Å². The van der Waals surface area contributed by atoms with E-state index >= 15 is 0 Å². The summed E-state index contributed by atoms with van der Waals surface area (Å²) < 4.78 is 0. The van der Waals surface area contributed by atoms with Gasteiger partial charge < -0.3 is 10.2 Å². The Bertz CT molecular complexity index is 579. The van der Waals surface area contributed by atoms with Gasteiger partial charge in [-0.25, -0.2) is 0 Å². The Labute approximate surface area is 114 Å². The molecule has 2 aliphatic rings. The summed E-state index contributed by atoms with van der Waals surface area (Å²) in [5.41, 5.74) is 4.23. The highest BCUT2D eigenvalue weighted by atomic mass is 15.2. The van der Waals surface area contributed by atoms with Crippen LogP contribution in [0.1, 0.15) is 17.9 Å². The maximum absolute atomic E-state index is 3.55. The first-order chi connectivity index (χ1) is 9.45. The van der Waals surface area contributed by atoms with Crippen LogP contribution in [0.3, 0.4) is 0 Å². The lowest BCUT2D eigenvalue weighted by Crippen LogP contribution is -2.44. The van der Waals surface area contributed by atoms with Crippen molar-refractivity contribution in [2.75, 3.05) is 18.0 Å². The van der Waals surface area contributed by atoms with Crippen molar-refractivity contribution in [3.05, 3.63) is 60.2 Å². The highest BCUT2D eigenvalue weighted by molar-refractivity contribution is 5.72. The van der Waals surface area contributed by atoms with Crippen LogP contribution < -0.4 is 10.2 Å². The van der Waals surface area contributed by atoms with Crippen LogP contribution in [0.25, 0.3) is 0 Å². The van der Waals surface area contributed by atoms with Gasteiger partial charge in [-0.05, 0) is 36.7 Å². The number of nitrogens with zero attached hydrogens (tertiary/aromatic N) is 1. The van der Waals surface area contributed by atoms with Gasteiger partial charge in [0.05, 0.1) is 6.04 Å². The van der Waals surface area contributed by atoms with E-state index in [1.165, 1.54) is 23.4 Å². The van der Waals surface area contributed by atoms with Gasteiger partial charge in [-0.2, -0.15) is 0 Å². The fraction of sp³-hybridized carbons (Fsp3) is 0.294. The van der Waals surface area contributed by atoms with Crippen LogP contribution in [0, 0.1) is 0 Å². The molecule has 1 fully saturated rings. The largest absolute Gasteiger partial charge is 0.336 e. The average molecular weight is 250 g/mol. The lowest BCUT2D eigenvalue weighted by atomic mass is 9.89. The number of fused-ring (bicyclic) bond motifs is 3. The lowest BCUT2D eigenvalue weighted by Gasteiger charge is -2.34. The Morgan fingerprint density at radius 3 is 2.63 bits per heavy atom. The maximum atomic E-state index is 3.55. The summed E-state index contributed by atoms with van der Waals surface area (Å²) >= 11 is 0. The molecule has 2 unspecified atom stereocenters. The fourth-order valence-electron chi connectivity index (χ4n) is 3.59. The molecule has 0 bridgehead atoms. The minimum absolute atomic E-state index is 0.563. The Morgan fingerprint density at radius 2 is 1.74 bits per heavy atom. The molecule has 2 aromatic rings. The van der Waals surface area contributed by atoms with Crippen molar-refractivity contribution < 1.29 is 0 Å². The van der Waals surface area contributed by atoms with Gasteiger partial charge >= 0.3 is 0 Å². The Morgan fingerprint density at radius 1 is 0.947 bits per heavy atom. The third-order valence-electron chi connectivity index (χ3n) is 4.41. The predicted molar refractivity (Wildman–Crippen MR) is 79.0 cm³/mol. The van der Waals surface area contributed by atoms with Gasteiger partial charge in [0.25, 0.3) is 0 Å². The van der Waals surface area contributed by atoms with Gasteiger partial charge in [0.2, 0.25) is 0 Å². The minimum atomic E-state index is 0.563. The topological polar surface area (TPSA) is 15.3 Å². The maximum Gasteiger partial charge on any atom is 0.0536 e. The fourth-order valence-corrected chi connectivity index (χ4v) is 3.59. The number of hydrogen-bond acceptors (Lipinski definition) is 2. The van der Waals surface area contributed by atoms with Crippen molar-refractivity contribution in [3.63, 3.8) is 0 Å². The zero-order valence-corrected chi connectivity index (χ0v) is 10.9. The number of nitrogens with one attached hydrogen (secondary N) is 1. The number of hydrogen-bond donors (Lipinski definition) is 1. The molecule has 2 atom stereocenters. The molecule has 0 aliphatic carbocycles. The molecule has 1 saturated heterocycles. The summed E-state index contributed by atoms with van der Waals surface area (Å²) in [5.74, 6) is 0.678. The standard InChI is InChI=1S/C17H18N2/c1-2-6-13(7-3-1)19-16-9-5-4-8-14(16)15-10-11-18-12-17(15)19/h1-9,15,17-18H,10-12H2. The Balaban J connectivity index is 1.85. The van der Waals surface area contributed by atoms with Crippen LogP contribution in [0.5, 0.6) is 0 Å². The third kappa shape index (κ3) is 1.67. The van der Waals surface area contributed by atoms with Gasteiger partial charge in [-0.15, -0.1) is 0 Å². The number of rotatable bonds is 1. The molecule has 96 valence electrons. The van der Waals surface area contributed by atoms with E-state index in [9.17, 15) is 0 Å². The first kappa shape index (κ1) is 11.1. The molecule has 0 amide bonds. The van der Waals surface area contributed by atoms with Crippen molar-refractivity contribution in [2.24, 2.45) is 0 Å². The van der Waals surface area contributed by atoms with Gasteiger partial charge in [-0.3, -0.25) is 0 Å². The molecule has 1 N–H and O–H groups in total. The Hall–Kier alpha value is -1.80. The molecule has 0 spiro atoms. The number of para-hydroxylation sites is 2. The summed E-state index contributed by atoms with van der Waals surface area (Å²) in [4.78, 5) is 2.52. The monoisotopic (exact) mass is 250 g/mol. The molecule has 0 saturated carbocycles. The van der Waals surface area contributed by atoms with Gasteiger partial charge in [0.15, 0.2) is 0 Å². The second-order valence-corrected chi connectivity index (χ2v) is 5.43. The van der Waals surface area contributed by atoms with E-state index in [0.29, 0.717) is 12.0 Å². The molecule has 0 radical (unpaired) electrons. The van der Waals surface area contributed by atoms with E-state index in [1.807, 2.05) is 0 Å². The van der Waals surface area contributed by atoms with Crippen LogP contribution in [0.2, 0.25) is 0 Å². The van der Waals surface area contributed by atoms with Gasteiger partial charge in [0, 0.05) is 23.8 Å². The molecule has 2 aromatic carbocycles. The number of piperidine rings is 1. The number of benzene rings is 2. The van der Waals surface area contributed by atoms with Crippen LogP contribution in [0.15, 0.2) is 54.6 Å². The molecule has 2 aliphatic heterocycles.